The molecule has 0 fully saturated rings. The van der Waals surface area contributed by atoms with Gasteiger partial charge in [-0.15, -0.1) is 0 Å². The highest BCUT2D eigenvalue weighted by atomic mass is 32.2. The van der Waals surface area contributed by atoms with Gasteiger partial charge >= 0.3 is 0 Å². The van der Waals surface area contributed by atoms with Gasteiger partial charge in [0.15, 0.2) is 0 Å². The molecule has 1 aromatic rings. The van der Waals surface area contributed by atoms with Crippen molar-refractivity contribution >= 4 is 21.6 Å². The van der Waals surface area contributed by atoms with Crippen molar-refractivity contribution in [2.45, 2.75) is 25.2 Å². The molecule has 0 bridgehead atoms. The molecule has 106 valence electrons. The van der Waals surface area contributed by atoms with Crippen LogP contribution in [0.2, 0.25) is 0 Å². The minimum atomic E-state index is -3.72. The van der Waals surface area contributed by atoms with E-state index in [4.69, 9.17) is 10.9 Å². The van der Waals surface area contributed by atoms with E-state index >= 15 is 0 Å². The minimum absolute atomic E-state index is 0.00239. The molecule has 0 aromatic heterocycles. The standard InChI is InChI=1S/C12H19N3O3S/c1-3-12(2,8-13)11(16)15-9-4-6-10(7-5-9)19(14,17)18/h4-7H,3,8,13H2,1-2H3,(H,15,16)(H2,14,17,18). The summed E-state index contributed by atoms with van der Waals surface area (Å²) in [4.78, 5) is 12.0. The van der Waals surface area contributed by atoms with E-state index in [0.717, 1.165) is 0 Å². The molecular formula is C12H19N3O3S. The fraction of sp³-hybridized carbons (Fsp3) is 0.417. The fourth-order valence-corrected chi connectivity index (χ4v) is 1.92. The molecule has 0 saturated heterocycles. The largest absolute Gasteiger partial charge is 0.329 e. The molecule has 1 amide bonds. The summed E-state index contributed by atoms with van der Waals surface area (Å²) in [5.41, 5.74) is 5.46. The minimum Gasteiger partial charge on any atom is -0.329 e. The van der Waals surface area contributed by atoms with Gasteiger partial charge in [0.05, 0.1) is 10.3 Å². The molecule has 19 heavy (non-hydrogen) atoms. The molecule has 1 aromatic carbocycles. The average molecular weight is 285 g/mol. The van der Waals surface area contributed by atoms with E-state index in [0.29, 0.717) is 12.1 Å². The fourth-order valence-electron chi connectivity index (χ4n) is 1.41. The number of hydrogen-bond donors (Lipinski definition) is 3. The van der Waals surface area contributed by atoms with Gasteiger partial charge in [-0.05, 0) is 37.6 Å². The van der Waals surface area contributed by atoms with E-state index in [1.807, 2.05) is 6.92 Å². The molecule has 1 atom stereocenters. The maximum atomic E-state index is 12.0. The van der Waals surface area contributed by atoms with Crippen molar-refractivity contribution in [2.75, 3.05) is 11.9 Å². The van der Waals surface area contributed by atoms with Gasteiger partial charge in [0.2, 0.25) is 15.9 Å². The number of hydrogen-bond acceptors (Lipinski definition) is 4. The summed E-state index contributed by atoms with van der Waals surface area (Å²) < 4.78 is 22.2. The quantitative estimate of drug-likeness (QED) is 0.736. The number of primary sulfonamides is 1. The predicted molar refractivity (Wildman–Crippen MR) is 73.9 cm³/mol. The van der Waals surface area contributed by atoms with Gasteiger partial charge in [0.25, 0.3) is 0 Å². The number of rotatable bonds is 5. The second-order valence-corrected chi connectivity index (χ2v) is 6.20. The van der Waals surface area contributed by atoms with Crippen LogP contribution >= 0.6 is 0 Å². The first-order chi connectivity index (χ1) is 8.73. The molecule has 0 saturated carbocycles. The summed E-state index contributed by atoms with van der Waals surface area (Å²) in [7, 11) is -3.72. The van der Waals surface area contributed by atoms with Gasteiger partial charge in [-0.1, -0.05) is 6.92 Å². The van der Waals surface area contributed by atoms with Crippen LogP contribution in [0, 0.1) is 5.41 Å². The molecular weight excluding hydrogens is 266 g/mol. The smallest absolute Gasteiger partial charge is 0.238 e. The summed E-state index contributed by atoms with van der Waals surface area (Å²) in [5, 5.41) is 7.70. The number of anilines is 1. The van der Waals surface area contributed by atoms with Gasteiger partial charge in [-0.2, -0.15) is 0 Å². The topological polar surface area (TPSA) is 115 Å². The third-order valence-corrected chi connectivity index (χ3v) is 4.15. The summed E-state index contributed by atoms with van der Waals surface area (Å²) in [6.45, 7) is 3.90. The Morgan fingerprint density at radius 1 is 1.32 bits per heavy atom. The molecule has 1 rings (SSSR count). The lowest BCUT2D eigenvalue weighted by atomic mass is 9.86. The average Bonchev–Trinajstić information content (AvgIpc) is 2.37. The molecule has 0 aliphatic carbocycles. The van der Waals surface area contributed by atoms with Gasteiger partial charge in [-0.3, -0.25) is 4.79 Å². The number of nitrogens with one attached hydrogen (secondary N) is 1. The SMILES string of the molecule is CCC(C)(CN)C(=O)Nc1ccc(S(N)(=O)=O)cc1. The molecule has 0 aliphatic heterocycles. The van der Waals surface area contributed by atoms with Crippen LogP contribution in [-0.4, -0.2) is 20.9 Å². The number of carbonyl (C=O) groups is 1. The lowest BCUT2D eigenvalue weighted by molar-refractivity contribution is -0.124. The number of amides is 1. The van der Waals surface area contributed by atoms with Crippen LogP contribution in [-0.2, 0) is 14.8 Å². The second-order valence-electron chi connectivity index (χ2n) is 4.64. The zero-order valence-electron chi connectivity index (χ0n) is 11.0. The van der Waals surface area contributed by atoms with E-state index in [2.05, 4.69) is 5.32 Å². The van der Waals surface area contributed by atoms with Crippen molar-refractivity contribution in [3.8, 4) is 0 Å². The lowest BCUT2D eigenvalue weighted by Crippen LogP contribution is -2.39. The van der Waals surface area contributed by atoms with Crippen LogP contribution in [0.1, 0.15) is 20.3 Å². The maximum Gasteiger partial charge on any atom is 0.238 e. The van der Waals surface area contributed by atoms with Crippen molar-refractivity contribution in [3.63, 3.8) is 0 Å². The van der Waals surface area contributed by atoms with E-state index < -0.39 is 15.4 Å². The van der Waals surface area contributed by atoms with Crippen LogP contribution in [0.4, 0.5) is 5.69 Å². The highest BCUT2D eigenvalue weighted by molar-refractivity contribution is 7.89. The Bertz CT molecular complexity index is 548. The Morgan fingerprint density at radius 2 is 1.84 bits per heavy atom. The van der Waals surface area contributed by atoms with Gasteiger partial charge < -0.3 is 11.1 Å². The van der Waals surface area contributed by atoms with Crippen LogP contribution in [0.3, 0.4) is 0 Å². The Hall–Kier alpha value is -1.44. The van der Waals surface area contributed by atoms with Gasteiger partial charge in [0, 0.05) is 12.2 Å². The first-order valence-electron chi connectivity index (χ1n) is 5.87. The monoisotopic (exact) mass is 285 g/mol. The van der Waals surface area contributed by atoms with Crippen LogP contribution in [0.15, 0.2) is 29.2 Å². The van der Waals surface area contributed by atoms with Crippen LogP contribution < -0.4 is 16.2 Å². The summed E-state index contributed by atoms with van der Waals surface area (Å²) in [5.74, 6) is -0.194. The second kappa shape index (κ2) is 5.68. The molecule has 0 spiro atoms. The van der Waals surface area contributed by atoms with Gasteiger partial charge in [0.1, 0.15) is 0 Å². The zero-order chi connectivity index (χ0) is 14.7. The van der Waals surface area contributed by atoms with Gasteiger partial charge in [-0.25, -0.2) is 13.6 Å². The van der Waals surface area contributed by atoms with Crippen LogP contribution in [0.5, 0.6) is 0 Å². The van der Waals surface area contributed by atoms with E-state index in [1.54, 1.807) is 6.92 Å². The normalized spacial score (nSPS) is 14.7. The Labute approximate surface area is 113 Å². The third-order valence-electron chi connectivity index (χ3n) is 3.22. The van der Waals surface area contributed by atoms with Crippen molar-refractivity contribution in [1.82, 2.24) is 0 Å². The highest BCUT2D eigenvalue weighted by Gasteiger charge is 2.29. The number of sulfonamides is 1. The molecule has 6 nitrogen and oxygen atoms in total. The first-order valence-corrected chi connectivity index (χ1v) is 7.42. The predicted octanol–water partition coefficient (Wildman–Crippen LogP) is 0.648. The first kappa shape index (κ1) is 15.6. The third kappa shape index (κ3) is 3.76. The van der Waals surface area contributed by atoms with Crippen LogP contribution in [0.25, 0.3) is 0 Å². The Morgan fingerprint density at radius 3 is 2.21 bits per heavy atom. The van der Waals surface area contributed by atoms with E-state index in [-0.39, 0.29) is 17.3 Å². The van der Waals surface area contributed by atoms with E-state index in [1.165, 1.54) is 24.3 Å². The maximum absolute atomic E-state index is 12.0. The molecule has 1 unspecified atom stereocenters. The zero-order valence-corrected chi connectivity index (χ0v) is 11.8. The van der Waals surface area contributed by atoms with Crippen molar-refractivity contribution < 1.29 is 13.2 Å². The molecule has 0 heterocycles. The number of nitrogens with two attached hydrogens (primary N) is 2. The molecule has 0 radical (unpaired) electrons. The van der Waals surface area contributed by atoms with E-state index in [9.17, 15) is 13.2 Å². The number of benzene rings is 1. The molecule has 5 N–H and O–H groups in total. The van der Waals surface area contributed by atoms with Crippen molar-refractivity contribution in [3.05, 3.63) is 24.3 Å². The molecule has 7 heteroatoms. The highest BCUT2D eigenvalue weighted by Crippen LogP contribution is 2.22. The summed E-state index contributed by atoms with van der Waals surface area (Å²) in [6, 6.07) is 5.67. The summed E-state index contributed by atoms with van der Waals surface area (Å²) >= 11 is 0. The van der Waals surface area contributed by atoms with Crippen molar-refractivity contribution in [2.24, 2.45) is 16.3 Å². The Balaban J connectivity index is 2.88. The summed E-state index contributed by atoms with van der Waals surface area (Å²) in [6.07, 6.45) is 0.616. The lowest BCUT2D eigenvalue weighted by Gasteiger charge is -2.24. The van der Waals surface area contributed by atoms with Crippen molar-refractivity contribution in [1.29, 1.82) is 0 Å². The molecule has 0 aliphatic rings. The number of carbonyl (C=O) groups excluding carboxylic acids is 1. The Kier molecular flexibility index (Phi) is 4.67.